The summed E-state index contributed by atoms with van der Waals surface area (Å²) in [7, 11) is 0. The second-order valence-electron chi connectivity index (χ2n) is 4.07. The van der Waals surface area contributed by atoms with Gasteiger partial charge in [0.2, 0.25) is 5.72 Å². The van der Waals surface area contributed by atoms with E-state index in [1.807, 2.05) is 20.1 Å². The van der Waals surface area contributed by atoms with Crippen LogP contribution in [-0.4, -0.2) is 35.9 Å². The highest BCUT2D eigenvalue weighted by Gasteiger charge is 2.46. The smallest absolute Gasteiger partial charge is 0.353 e. The number of cyclic esters (lactones) is 1. The highest BCUT2D eigenvalue weighted by Crippen LogP contribution is 2.27. The maximum absolute atomic E-state index is 11.4. The van der Waals surface area contributed by atoms with Crippen molar-refractivity contribution in [1.82, 2.24) is 0 Å². The van der Waals surface area contributed by atoms with Crippen LogP contribution < -0.4 is 5.73 Å². The number of carbonyl (C=O) groups excluding carboxylic acids is 1. The number of ether oxygens (including phenoxy) is 2. The van der Waals surface area contributed by atoms with E-state index in [1.165, 1.54) is 0 Å². The van der Waals surface area contributed by atoms with E-state index in [1.54, 1.807) is 11.8 Å². The fraction of sp³-hybridized carbons (Fsp3) is 0.889. The van der Waals surface area contributed by atoms with Crippen LogP contribution in [0.15, 0.2) is 0 Å². The molecule has 0 spiro atoms. The molecule has 1 fully saturated rings. The van der Waals surface area contributed by atoms with Crippen molar-refractivity contribution in [2.45, 2.75) is 31.6 Å². The molecule has 5 heteroatoms. The Balaban J connectivity index is 2.67. The Morgan fingerprint density at radius 3 is 2.79 bits per heavy atom. The van der Waals surface area contributed by atoms with Crippen LogP contribution in [0.3, 0.4) is 0 Å². The van der Waals surface area contributed by atoms with Gasteiger partial charge in [-0.2, -0.15) is 11.8 Å². The second kappa shape index (κ2) is 4.08. The van der Waals surface area contributed by atoms with E-state index in [2.05, 4.69) is 0 Å². The van der Waals surface area contributed by atoms with Crippen LogP contribution in [0.5, 0.6) is 0 Å². The van der Waals surface area contributed by atoms with Crippen LogP contribution in [0.4, 0.5) is 0 Å². The van der Waals surface area contributed by atoms with E-state index in [0.717, 1.165) is 5.75 Å². The van der Waals surface area contributed by atoms with E-state index in [0.29, 0.717) is 6.42 Å². The van der Waals surface area contributed by atoms with Gasteiger partial charge >= 0.3 is 5.97 Å². The zero-order valence-electron chi connectivity index (χ0n) is 8.83. The SMILES string of the molecule is CSCCC1(N)OC(C)(C)COC1=O. The molecule has 0 bridgehead atoms. The molecule has 0 saturated carbocycles. The molecule has 1 unspecified atom stereocenters. The van der Waals surface area contributed by atoms with Crippen molar-refractivity contribution in [2.75, 3.05) is 18.6 Å². The number of hydrogen-bond donors (Lipinski definition) is 1. The molecule has 0 amide bonds. The van der Waals surface area contributed by atoms with Gasteiger partial charge in [0.1, 0.15) is 6.61 Å². The average Bonchev–Trinajstić information content (AvgIpc) is 2.08. The third-order valence-corrected chi connectivity index (χ3v) is 2.64. The summed E-state index contributed by atoms with van der Waals surface area (Å²) in [6.45, 7) is 3.99. The van der Waals surface area contributed by atoms with Crippen molar-refractivity contribution in [3.8, 4) is 0 Å². The molecule has 1 aliphatic rings. The molecule has 4 nitrogen and oxygen atoms in total. The predicted octanol–water partition coefficient (Wildman–Crippen LogP) is 0.746. The zero-order chi connectivity index (χ0) is 10.8. The molecule has 1 atom stereocenters. The number of esters is 1. The number of rotatable bonds is 3. The minimum atomic E-state index is -1.26. The van der Waals surface area contributed by atoms with Gasteiger partial charge in [-0.3, -0.25) is 5.73 Å². The first-order valence-electron chi connectivity index (χ1n) is 4.55. The Morgan fingerprint density at radius 2 is 2.21 bits per heavy atom. The van der Waals surface area contributed by atoms with Gasteiger partial charge < -0.3 is 9.47 Å². The Hall–Kier alpha value is -0.260. The van der Waals surface area contributed by atoms with Gasteiger partial charge in [0.05, 0.1) is 5.60 Å². The minimum Gasteiger partial charge on any atom is -0.459 e. The van der Waals surface area contributed by atoms with Crippen molar-refractivity contribution in [3.63, 3.8) is 0 Å². The molecule has 1 saturated heterocycles. The zero-order valence-corrected chi connectivity index (χ0v) is 9.65. The number of carbonyl (C=O) groups is 1. The molecule has 0 aliphatic carbocycles. The van der Waals surface area contributed by atoms with Gasteiger partial charge in [0.15, 0.2) is 0 Å². The quantitative estimate of drug-likeness (QED) is 0.710. The van der Waals surface area contributed by atoms with Gasteiger partial charge in [-0.05, 0) is 25.9 Å². The van der Waals surface area contributed by atoms with Crippen molar-refractivity contribution in [3.05, 3.63) is 0 Å². The van der Waals surface area contributed by atoms with E-state index >= 15 is 0 Å². The summed E-state index contributed by atoms with van der Waals surface area (Å²) in [5.41, 5.74) is 4.11. The average molecular weight is 219 g/mol. The summed E-state index contributed by atoms with van der Waals surface area (Å²) < 4.78 is 10.6. The summed E-state index contributed by atoms with van der Waals surface area (Å²) in [4.78, 5) is 11.4. The molecule has 2 N–H and O–H groups in total. The lowest BCUT2D eigenvalue weighted by Crippen LogP contribution is -2.61. The van der Waals surface area contributed by atoms with E-state index in [-0.39, 0.29) is 6.61 Å². The predicted molar refractivity (Wildman–Crippen MR) is 56.0 cm³/mol. The molecule has 1 heterocycles. The fourth-order valence-corrected chi connectivity index (χ4v) is 1.84. The normalized spacial score (nSPS) is 31.3. The fourth-order valence-electron chi connectivity index (χ4n) is 1.33. The topological polar surface area (TPSA) is 61.6 Å². The number of nitrogens with two attached hydrogens (primary N) is 1. The van der Waals surface area contributed by atoms with Crippen LogP contribution in [0, 0.1) is 0 Å². The number of thioether (sulfide) groups is 1. The molecule has 14 heavy (non-hydrogen) atoms. The van der Waals surface area contributed by atoms with E-state index in [4.69, 9.17) is 15.2 Å². The third kappa shape index (κ3) is 2.62. The van der Waals surface area contributed by atoms with Crippen LogP contribution in [0.2, 0.25) is 0 Å². The molecule has 1 rings (SSSR count). The van der Waals surface area contributed by atoms with E-state index in [9.17, 15) is 4.79 Å². The molecule has 0 aromatic carbocycles. The van der Waals surface area contributed by atoms with Gasteiger partial charge in [-0.15, -0.1) is 0 Å². The molecule has 82 valence electrons. The lowest BCUT2D eigenvalue weighted by Gasteiger charge is -2.40. The number of hydrogen-bond acceptors (Lipinski definition) is 5. The van der Waals surface area contributed by atoms with Gasteiger partial charge in [-0.25, -0.2) is 4.79 Å². The lowest BCUT2D eigenvalue weighted by molar-refractivity contribution is -0.230. The van der Waals surface area contributed by atoms with Crippen molar-refractivity contribution in [2.24, 2.45) is 5.73 Å². The van der Waals surface area contributed by atoms with Gasteiger partial charge in [0.25, 0.3) is 0 Å². The first kappa shape index (κ1) is 11.8. The highest BCUT2D eigenvalue weighted by atomic mass is 32.2. The highest BCUT2D eigenvalue weighted by molar-refractivity contribution is 7.98. The summed E-state index contributed by atoms with van der Waals surface area (Å²) in [6.07, 6.45) is 2.44. The van der Waals surface area contributed by atoms with Gasteiger partial charge in [0, 0.05) is 6.42 Å². The Morgan fingerprint density at radius 1 is 1.57 bits per heavy atom. The molecule has 0 aromatic heterocycles. The Bertz CT molecular complexity index is 232. The standard InChI is InChI=1S/C9H17NO3S/c1-8(2)6-12-7(11)9(10,13-8)4-5-14-3/h4-6,10H2,1-3H3. The lowest BCUT2D eigenvalue weighted by atomic mass is 10.1. The summed E-state index contributed by atoms with van der Waals surface area (Å²) in [5.74, 6) is 0.327. The molecule has 0 aromatic rings. The monoisotopic (exact) mass is 219 g/mol. The summed E-state index contributed by atoms with van der Waals surface area (Å²) >= 11 is 1.63. The maximum atomic E-state index is 11.4. The van der Waals surface area contributed by atoms with Crippen molar-refractivity contribution < 1.29 is 14.3 Å². The van der Waals surface area contributed by atoms with Crippen molar-refractivity contribution >= 4 is 17.7 Å². The minimum absolute atomic E-state index is 0.268. The van der Waals surface area contributed by atoms with E-state index < -0.39 is 17.3 Å². The van der Waals surface area contributed by atoms with Gasteiger partial charge in [-0.1, -0.05) is 0 Å². The first-order valence-corrected chi connectivity index (χ1v) is 5.94. The molecule has 1 aliphatic heterocycles. The van der Waals surface area contributed by atoms with Crippen LogP contribution in [-0.2, 0) is 14.3 Å². The Kier molecular flexibility index (Phi) is 3.44. The third-order valence-electron chi connectivity index (χ3n) is 2.03. The largest absolute Gasteiger partial charge is 0.459 e. The van der Waals surface area contributed by atoms with Crippen LogP contribution in [0.25, 0.3) is 0 Å². The molecular formula is C9H17NO3S. The maximum Gasteiger partial charge on any atom is 0.353 e. The van der Waals surface area contributed by atoms with Crippen LogP contribution >= 0.6 is 11.8 Å². The Labute approximate surface area is 88.5 Å². The molecular weight excluding hydrogens is 202 g/mol. The van der Waals surface area contributed by atoms with Crippen LogP contribution in [0.1, 0.15) is 20.3 Å². The summed E-state index contributed by atoms with van der Waals surface area (Å²) in [6, 6.07) is 0. The first-order chi connectivity index (χ1) is 6.40. The molecule has 0 radical (unpaired) electrons. The second-order valence-corrected chi connectivity index (χ2v) is 5.06. The van der Waals surface area contributed by atoms with Crippen molar-refractivity contribution in [1.29, 1.82) is 0 Å². The summed E-state index contributed by atoms with van der Waals surface area (Å²) in [5, 5.41) is 0.